The average molecular weight is 702 g/mol. The second-order valence-corrected chi connectivity index (χ2v) is 9.70. The highest BCUT2D eigenvalue weighted by Gasteiger charge is 2.41. The summed E-state index contributed by atoms with van der Waals surface area (Å²) < 4.78 is 134. The van der Waals surface area contributed by atoms with Crippen molar-refractivity contribution in [3.05, 3.63) is 73.7 Å². The van der Waals surface area contributed by atoms with Crippen LogP contribution < -0.4 is 10.6 Å². The molecule has 0 aliphatic heterocycles. The van der Waals surface area contributed by atoms with Gasteiger partial charge in [0, 0.05) is 14.5 Å². The van der Waals surface area contributed by atoms with Crippen LogP contribution in [0, 0.1) is 0 Å². The molecule has 0 aliphatic rings. The summed E-state index contributed by atoms with van der Waals surface area (Å²) in [6, 6.07) is 2.85. The van der Waals surface area contributed by atoms with Gasteiger partial charge in [0.15, 0.2) is 0 Å². The maximum Gasteiger partial charge on any atom is 0.417 e. The summed E-state index contributed by atoms with van der Waals surface area (Å²) in [5.74, 6) is -7.11. The minimum Gasteiger partial charge on any atom is -0.345 e. The molecule has 4 nitrogen and oxygen atoms in total. The molecule has 0 radical (unpaired) electrons. The van der Waals surface area contributed by atoms with E-state index in [0.29, 0.717) is 16.6 Å². The van der Waals surface area contributed by atoms with Gasteiger partial charge in [0.05, 0.1) is 11.1 Å². The first-order valence-electron chi connectivity index (χ1n) is 10.5. The number of alkyl halides is 9. The lowest BCUT2D eigenvalue weighted by molar-refractivity contribution is -0.140. The fourth-order valence-electron chi connectivity index (χ4n) is 3.13. The van der Waals surface area contributed by atoms with Gasteiger partial charge in [-0.15, -0.1) is 0 Å². The molecule has 0 saturated carbocycles. The van der Waals surface area contributed by atoms with E-state index in [1.54, 1.807) is 5.32 Å². The van der Waals surface area contributed by atoms with Gasteiger partial charge in [0.25, 0.3) is 5.91 Å². The van der Waals surface area contributed by atoms with Crippen molar-refractivity contribution >= 4 is 49.5 Å². The molecule has 0 aliphatic carbocycles. The Hall–Kier alpha value is -2.62. The number of hydrogen-bond acceptors (Lipinski definition) is 2. The number of carbonyl (C=O) groups excluding carboxylic acids is 2. The Morgan fingerprint density at radius 2 is 1.54 bits per heavy atom. The molecule has 2 atom stereocenters. The van der Waals surface area contributed by atoms with Gasteiger partial charge in [-0.05, 0) is 74.7 Å². The Labute approximate surface area is 231 Å². The van der Waals surface area contributed by atoms with Crippen LogP contribution in [0.5, 0.6) is 0 Å². The summed E-state index contributed by atoms with van der Waals surface area (Å²) >= 11 is 6.10. The van der Waals surface area contributed by atoms with Gasteiger partial charge in [-0.2, -0.15) is 39.5 Å². The van der Waals surface area contributed by atoms with Crippen molar-refractivity contribution < 1.29 is 53.5 Å². The molecule has 39 heavy (non-hydrogen) atoms. The molecule has 0 aromatic heterocycles. The van der Waals surface area contributed by atoms with Crippen LogP contribution in [-0.2, 0) is 11.0 Å². The molecule has 2 aromatic rings. The Bertz CT molecular complexity index is 1260. The maximum absolute atomic E-state index is 14.9. The first-order valence-corrected chi connectivity index (χ1v) is 12.0. The largest absolute Gasteiger partial charge is 0.417 e. The topological polar surface area (TPSA) is 58.2 Å². The third-order valence-electron chi connectivity index (χ3n) is 5.02. The summed E-state index contributed by atoms with van der Waals surface area (Å²) in [6.45, 7) is -0.846. The zero-order valence-corrected chi connectivity index (χ0v) is 22.4. The van der Waals surface area contributed by atoms with E-state index < -0.39 is 76.9 Å². The summed E-state index contributed by atoms with van der Waals surface area (Å²) in [5.41, 5.74) is -4.24. The van der Waals surface area contributed by atoms with Crippen LogP contribution in [-0.4, -0.2) is 36.8 Å². The molecule has 2 unspecified atom stereocenters. The number of rotatable bonds is 7. The molecule has 16 heteroatoms. The van der Waals surface area contributed by atoms with Crippen molar-refractivity contribution in [1.82, 2.24) is 10.6 Å². The highest BCUT2D eigenvalue weighted by atomic mass is 79.9. The minimum atomic E-state index is -5.30. The van der Waals surface area contributed by atoms with Crippen molar-refractivity contribution in [1.29, 1.82) is 0 Å². The number of hydrogen-bond donors (Lipinski definition) is 2. The van der Waals surface area contributed by atoms with Crippen molar-refractivity contribution in [2.45, 2.75) is 37.4 Å². The predicted octanol–water partition coefficient (Wildman–Crippen LogP) is 7.68. The normalized spacial score (nSPS) is 14.5. The lowest BCUT2D eigenvalue weighted by Gasteiger charge is -2.19. The zero-order chi connectivity index (χ0) is 29.9. The SMILES string of the molecule is CC(NC(=O)c1ccc(/C(F)=C/C(c2ccc(Br)c(Br)c2)C(F)(F)F)cc1C(F)(F)F)C(=O)NCC(F)(F)F. The van der Waals surface area contributed by atoms with Crippen LogP contribution in [0.4, 0.5) is 43.9 Å². The first-order chi connectivity index (χ1) is 17.7. The lowest BCUT2D eigenvalue weighted by Crippen LogP contribution is -2.47. The number of benzene rings is 2. The standard InChI is InChI=1S/C23H16Br2F10N2O2/c1-10(19(38)36-9-21(27,28)29)37-20(39)13-4-2-12(6-15(13)23(33,34)35)18(26)8-14(22(30,31)32)11-3-5-16(24)17(25)7-11/h2-8,10,14H,9H2,1H3,(H,36,38)(H,37,39)/b18-8-. The van der Waals surface area contributed by atoms with E-state index in [1.165, 1.54) is 11.4 Å². The Morgan fingerprint density at radius 3 is 2.05 bits per heavy atom. The molecule has 0 spiro atoms. The van der Waals surface area contributed by atoms with Gasteiger partial charge in [-0.3, -0.25) is 9.59 Å². The summed E-state index contributed by atoms with van der Waals surface area (Å²) in [6.07, 6.45) is -15.0. The minimum absolute atomic E-state index is 0.0813. The fraction of sp³-hybridized carbons (Fsp3) is 0.304. The molecule has 2 aromatic carbocycles. The second kappa shape index (κ2) is 12.3. The Kier molecular flexibility index (Phi) is 10.3. The third kappa shape index (κ3) is 9.22. The van der Waals surface area contributed by atoms with Crippen LogP contribution in [0.1, 0.15) is 39.9 Å². The van der Waals surface area contributed by atoms with Crippen molar-refractivity contribution in [3.63, 3.8) is 0 Å². The lowest BCUT2D eigenvalue weighted by atomic mass is 9.95. The molecule has 2 rings (SSSR count). The number of nitrogens with one attached hydrogen (secondary N) is 2. The maximum atomic E-state index is 14.9. The van der Waals surface area contributed by atoms with Crippen LogP contribution in [0.15, 0.2) is 51.4 Å². The summed E-state index contributed by atoms with van der Waals surface area (Å²) in [4.78, 5) is 24.1. The van der Waals surface area contributed by atoms with Crippen LogP contribution in [0.2, 0.25) is 0 Å². The van der Waals surface area contributed by atoms with E-state index in [1.807, 2.05) is 0 Å². The van der Waals surface area contributed by atoms with Crippen molar-refractivity contribution in [2.24, 2.45) is 0 Å². The molecular formula is C23H16Br2F10N2O2. The Balaban J connectivity index is 2.42. The molecule has 0 heterocycles. The second-order valence-electron chi connectivity index (χ2n) is 7.99. The number of carbonyl (C=O) groups is 2. The van der Waals surface area contributed by atoms with Gasteiger partial charge >= 0.3 is 18.5 Å². The monoisotopic (exact) mass is 700 g/mol. The third-order valence-corrected chi connectivity index (χ3v) is 6.90. The molecule has 214 valence electrons. The van der Waals surface area contributed by atoms with Gasteiger partial charge < -0.3 is 10.6 Å². The van der Waals surface area contributed by atoms with E-state index in [0.717, 1.165) is 19.1 Å². The summed E-state index contributed by atoms with van der Waals surface area (Å²) in [7, 11) is 0. The molecule has 0 fully saturated rings. The number of allylic oxidation sites excluding steroid dienone is 1. The molecule has 0 bridgehead atoms. The number of halogens is 12. The quantitative estimate of drug-likeness (QED) is 0.291. The fourth-order valence-corrected chi connectivity index (χ4v) is 3.78. The van der Waals surface area contributed by atoms with Crippen LogP contribution in [0.25, 0.3) is 5.83 Å². The van der Waals surface area contributed by atoms with Crippen LogP contribution in [0.3, 0.4) is 0 Å². The van der Waals surface area contributed by atoms with E-state index >= 15 is 0 Å². The molecule has 0 saturated heterocycles. The van der Waals surface area contributed by atoms with E-state index in [4.69, 9.17) is 0 Å². The molecule has 2 amide bonds. The van der Waals surface area contributed by atoms with Gasteiger partial charge in [0.2, 0.25) is 5.91 Å². The predicted molar refractivity (Wildman–Crippen MR) is 127 cm³/mol. The molecular weight excluding hydrogens is 686 g/mol. The van der Waals surface area contributed by atoms with Gasteiger partial charge in [-0.1, -0.05) is 12.1 Å². The smallest absolute Gasteiger partial charge is 0.345 e. The summed E-state index contributed by atoms with van der Waals surface area (Å²) in [5, 5.41) is 3.24. The zero-order valence-electron chi connectivity index (χ0n) is 19.3. The highest BCUT2D eigenvalue weighted by Crippen LogP contribution is 2.41. The molecule has 2 N–H and O–H groups in total. The number of amides is 2. The van der Waals surface area contributed by atoms with Gasteiger partial charge in [-0.25, -0.2) is 4.39 Å². The average Bonchev–Trinajstić information content (AvgIpc) is 2.80. The van der Waals surface area contributed by atoms with E-state index in [9.17, 15) is 53.5 Å². The van der Waals surface area contributed by atoms with Crippen LogP contribution >= 0.6 is 31.9 Å². The Morgan fingerprint density at radius 1 is 0.923 bits per heavy atom. The van der Waals surface area contributed by atoms with Crippen molar-refractivity contribution in [3.8, 4) is 0 Å². The van der Waals surface area contributed by atoms with Gasteiger partial charge in [0.1, 0.15) is 24.3 Å². The highest BCUT2D eigenvalue weighted by molar-refractivity contribution is 9.13. The van der Waals surface area contributed by atoms with E-state index in [-0.39, 0.29) is 16.6 Å². The first kappa shape index (κ1) is 32.6. The van der Waals surface area contributed by atoms with E-state index in [2.05, 4.69) is 31.9 Å². The van der Waals surface area contributed by atoms with Crippen molar-refractivity contribution in [2.75, 3.05) is 6.54 Å².